The van der Waals surface area contributed by atoms with E-state index in [0.29, 0.717) is 30.6 Å². The predicted octanol–water partition coefficient (Wildman–Crippen LogP) is 3.53. The average molecular weight is 396 g/mol. The molecule has 1 N–H and O–H groups in total. The van der Waals surface area contributed by atoms with Gasteiger partial charge in [-0.3, -0.25) is 4.79 Å². The monoisotopic (exact) mass is 396 g/mol. The van der Waals surface area contributed by atoms with Crippen molar-refractivity contribution in [3.05, 3.63) is 34.9 Å². The van der Waals surface area contributed by atoms with E-state index in [2.05, 4.69) is 5.32 Å². The van der Waals surface area contributed by atoms with Crippen LogP contribution in [0, 0.1) is 5.92 Å². The minimum absolute atomic E-state index is 0.0234. The van der Waals surface area contributed by atoms with Crippen LogP contribution in [0.3, 0.4) is 0 Å². The number of rotatable bonds is 3. The van der Waals surface area contributed by atoms with E-state index in [-0.39, 0.29) is 18.4 Å². The van der Waals surface area contributed by atoms with E-state index >= 15 is 0 Å². The fourth-order valence-corrected chi connectivity index (χ4v) is 4.73. The molecule has 0 aromatic heterocycles. The smallest absolute Gasteiger partial charge is 0.381 e. The normalized spacial score (nSPS) is 26.3. The fraction of sp³-hybridized carbons (Fsp3) is 0.667. The molecule has 154 valence electrons. The zero-order chi connectivity index (χ0) is 19.7. The summed E-state index contributed by atoms with van der Waals surface area (Å²) >= 11 is 0. The van der Waals surface area contributed by atoms with Gasteiger partial charge in [0.25, 0.3) is 0 Å². The maximum Gasteiger partial charge on any atom is 0.416 e. The quantitative estimate of drug-likeness (QED) is 0.850. The Kier molecular flexibility index (Phi) is 5.65. The summed E-state index contributed by atoms with van der Waals surface area (Å²) in [7, 11) is 0. The van der Waals surface area contributed by atoms with Crippen molar-refractivity contribution in [3.63, 3.8) is 0 Å². The number of fused-ring (bicyclic) bond motifs is 1. The Bertz CT molecular complexity index is 716. The largest absolute Gasteiger partial charge is 0.416 e. The van der Waals surface area contributed by atoms with E-state index in [9.17, 15) is 18.0 Å². The molecule has 1 aliphatic carbocycles. The summed E-state index contributed by atoms with van der Waals surface area (Å²) in [4.78, 5) is 14.7. The molecule has 1 aromatic rings. The molecular formula is C21H27F3N2O2. The fourth-order valence-electron chi connectivity index (χ4n) is 4.73. The number of carbonyl (C=O) groups is 1. The van der Waals surface area contributed by atoms with Crippen LogP contribution in [0.25, 0.3) is 0 Å². The van der Waals surface area contributed by atoms with Gasteiger partial charge in [0.15, 0.2) is 0 Å². The van der Waals surface area contributed by atoms with Crippen molar-refractivity contribution >= 4 is 5.91 Å². The number of ether oxygens (including phenoxy) is 1. The molecule has 2 atom stereocenters. The molecule has 1 amide bonds. The molecule has 2 aliphatic heterocycles. The summed E-state index contributed by atoms with van der Waals surface area (Å²) < 4.78 is 44.4. The first-order valence-electron chi connectivity index (χ1n) is 10.2. The number of benzene rings is 1. The topological polar surface area (TPSA) is 41.6 Å². The first kappa shape index (κ1) is 19.7. The number of halogens is 3. The average Bonchev–Trinajstić information content (AvgIpc) is 3.15. The van der Waals surface area contributed by atoms with Gasteiger partial charge >= 0.3 is 6.18 Å². The van der Waals surface area contributed by atoms with Gasteiger partial charge in [0.05, 0.1) is 5.56 Å². The Balaban J connectivity index is 1.36. The van der Waals surface area contributed by atoms with E-state index in [1.165, 1.54) is 6.07 Å². The molecule has 4 rings (SSSR count). The van der Waals surface area contributed by atoms with Crippen LogP contribution >= 0.6 is 0 Å². The Morgan fingerprint density at radius 2 is 1.86 bits per heavy atom. The van der Waals surface area contributed by atoms with Crippen LogP contribution in [0.5, 0.6) is 0 Å². The molecule has 4 nitrogen and oxygen atoms in total. The highest BCUT2D eigenvalue weighted by Gasteiger charge is 2.36. The summed E-state index contributed by atoms with van der Waals surface area (Å²) in [6, 6.07) is 4.73. The number of amides is 1. The molecule has 1 saturated carbocycles. The molecule has 1 aromatic carbocycles. The summed E-state index contributed by atoms with van der Waals surface area (Å²) in [6.07, 6.45) is 0.953. The number of hydrogen-bond donors (Lipinski definition) is 1. The van der Waals surface area contributed by atoms with E-state index in [1.54, 1.807) is 11.0 Å². The van der Waals surface area contributed by atoms with Crippen LogP contribution in [0.15, 0.2) is 18.2 Å². The lowest BCUT2D eigenvalue weighted by Gasteiger charge is -2.31. The van der Waals surface area contributed by atoms with Gasteiger partial charge < -0.3 is 15.0 Å². The van der Waals surface area contributed by atoms with E-state index in [0.717, 1.165) is 56.9 Å². The minimum Gasteiger partial charge on any atom is -0.381 e. The molecule has 0 unspecified atom stereocenters. The molecule has 3 aliphatic rings. The molecular weight excluding hydrogens is 369 g/mol. The molecule has 2 heterocycles. The maximum atomic E-state index is 13.0. The Morgan fingerprint density at radius 1 is 1.07 bits per heavy atom. The zero-order valence-electron chi connectivity index (χ0n) is 15.9. The highest BCUT2D eigenvalue weighted by molar-refractivity contribution is 5.79. The predicted molar refractivity (Wildman–Crippen MR) is 98.7 cm³/mol. The van der Waals surface area contributed by atoms with Gasteiger partial charge in [-0.25, -0.2) is 0 Å². The molecule has 0 bridgehead atoms. The minimum atomic E-state index is -4.35. The van der Waals surface area contributed by atoms with E-state index in [4.69, 9.17) is 4.74 Å². The number of carbonyl (C=O) groups excluding carboxylic acids is 1. The van der Waals surface area contributed by atoms with Gasteiger partial charge in [0, 0.05) is 44.3 Å². The zero-order valence-corrected chi connectivity index (χ0v) is 15.9. The van der Waals surface area contributed by atoms with Gasteiger partial charge in [-0.15, -0.1) is 0 Å². The highest BCUT2D eigenvalue weighted by atomic mass is 19.4. The molecule has 28 heavy (non-hydrogen) atoms. The Morgan fingerprint density at radius 3 is 2.61 bits per heavy atom. The summed E-state index contributed by atoms with van der Waals surface area (Å²) in [5.74, 6) is 0.0732. The van der Waals surface area contributed by atoms with Crippen LogP contribution in [-0.4, -0.2) is 42.6 Å². The Labute approximate surface area is 163 Å². The first-order valence-corrected chi connectivity index (χ1v) is 10.2. The van der Waals surface area contributed by atoms with E-state index in [1.807, 2.05) is 0 Å². The second-order valence-electron chi connectivity index (χ2n) is 8.25. The van der Waals surface area contributed by atoms with Crippen molar-refractivity contribution < 1.29 is 22.7 Å². The van der Waals surface area contributed by atoms with Crippen molar-refractivity contribution in [3.8, 4) is 0 Å². The lowest BCUT2D eigenvalue weighted by Crippen LogP contribution is -2.42. The molecule has 1 saturated heterocycles. The highest BCUT2D eigenvalue weighted by Crippen LogP contribution is 2.34. The van der Waals surface area contributed by atoms with E-state index < -0.39 is 11.7 Å². The second-order valence-corrected chi connectivity index (χ2v) is 8.25. The van der Waals surface area contributed by atoms with Crippen molar-refractivity contribution in [2.75, 3.05) is 19.8 Å². The van der Waals surface area contributed by atoms with Crippen molar-refractivity contribution in [1.29, 1.82) is 0 Å². The van der Waals surface area contributed by atoms with Crippen LogP contribution in [0.1, 0.15) is 48.8 Å². The van der Waals surface area contributed by atoms with Crippen molar-refractivity contribution in [1.82, 2.24) is 10.2 Å². The van der Waals surface area contributed by atoms with Crippen LogP contribution in [0.2, 0.25) is 0 Å². The first-order chi connectivity index (χ1) is 13.4. The molecule has 0 radical (unpaired) electrons. The van der Waals surface area contributed by atoms with Gasteiger partial charge in [0.1, 0.15) is 0 Å². The van der Waals surface area contributed by atoms with Crippen LogP contribution in [0.4, 0.5) is 13.2 Å². The summed E-state index contributed by atoms with van der Waals surface area (Å²) in [5, 5.41) is 3.67. The van der Waals surface area contributed by atoms with Gasteiger partial charge in [0.2, 0.25) is 5.91 Å². The van der Waals surface area contributed by atoms with Crippen LogP contribution in [-0.2, 0) is 28.7 Å². The van der Waals surface area contributed by atoms with Crippen molar-refractivity contribution in [2.45, 2.75) is 63.3 Å². The van der Waals surface area contributed by atoms with Gasteiger partial charge in [-0.2, -0.15) is 13.2 Å². The standard InChI is InChI=1S/C21H27F3N2O2/c22-21(23,24)17-3-1-14-5-8-26(13-16(14)11-17)20(27)15-2-4-19(12-15)25-18-6-9-28-10-7-18/h1,3,11,15,18-19,25H,2,4-10,12-13H2/t15-,19+/m0/s1. The van der Waals surface area contributed by atoms with Crippen molar-refractivity contribution in [2.24, 2.45) is 5.92 Å². The summed E-state index contributed by atoms with van der Waals surface area (Å²) in [6.45, 7) is 2.46. The lowest BCUT2D eigenvalue weighted by molar-refractivity contribution is -0.137. The second kappa shape index (κ2) is 8.03. The molecule has 0 spiro atoms. The maximum absolute atomic E-state index is 13.0. The SMILES string of the molecule is O=C([C@H]1CC[C@@H](NC2CCOCC2)C1)N1CCc2ccc(C(F)(F)F)cc2C1. The third kappa shape index (κ3) is 4.35. The lowest BCUT2D eigenvalue weighted by atomic mass is 9.95. The third-order valence-corrected chi connectivity index (χ3v) is 6.33. The van der Waals surface area contributed by atoms with Crippen LogP contribution < -0.4 is 5.32 Å². The Hall–Kier alpha value is -1.60. The third-order valence-electron chi connectivity index (χ3n) is 6.33. The van der Waals surface area contributed by atoms with Gasteiger partial charge in [-0.1, -0.05) is 6.07 Å². The molecule has 2 fully saturated rings. The summed E-state index contributed by atoms with van der Waals surface area (Å²) in [5.41, 5.74) is 0.911. The number of nitrogens with zero attached hydrogens (tertiary/aromatic N) is 1. The van der Waals surface area contributed by atoms with Gasteiger partial charge in [-0.05, 0) is 61.8 Å². The number of alkyl halides is 3. The number of nitrogens with one attached hydrogen (secondary N) is 1. The number of hydrogen-bond acceptors (Lipinski definition) is 3. The molecule has 7 heteroatoms.